The standard InChI is InChI=1S/C16H28N4O/c1-4-8-17-10-14-11-18-16(19-13(14)3)20(5-2)12-15-7-6-9-21-15/h11,15,17H,4-10,12H2,1-3H3. The van der Waals surface area contributed by atoms with Crippen molar-refractivity contribution in [1.82, 2.24) is 15.3 Å². The minimum absolute atomic E-state index is 0.333. The van der Waals surface area contributed by atoms with Crippen molar-refractivity contribution >= 4 is 5.95 Å². The van der Waals surface area contributed by atoms with E-state index in [4.69, 9.17) is 4.74 Å². The van der Waals surface area contributed by atoms with Crippen LogP contribution in [0.1, 0.15) is 44.4 Å². The van der Waals surface area contributed by atoms with Crippen LogP contribution in [-0.4, -0.2) is 42.3 Å². The molecule has 1 aliphatic rings. The molecule has 0 radical (unpaired) electrons. The molecule has 5 heteroatoms. The van der Waals surface area contributed by atoms with Gasteiger partial charge in [-0.3, -0.25) is 0 Å². The number of likely N-dealkylation sites (N-methyl/N-ethyl adjacent to an activating group) is 1. The molecular formula is C16H28N4O. The third kappa shape index (κ3) is 4.64. The van der Waals surface area contributed by atoms with E-state index in [9.17, 15) is 0 Å². The number of aryl methyl sites for hydroxylation is 1. The van der Waals surface area contributed by atoms with E-state index < -0.39 is 0 Å². The molecule has 1 fully saturated rings. The lowest BCUT2D eigenvalue weighted by Gasteiger charge is -2.24. The van der Waals surface area contributed by atoms with Crippen LogP contribution in [0.5, 0.6) is 0 Å². The van der Waals surface area contributed by atoms with Gasteiger partial charge in [-0.05, 0) is 39.7 Å². The van der Waals surface area contributed by atoms with Gasteiger partial charge in [0.1, 0.15) is 0 Å². The van der Waals surface area contributed by atoms with Gasteiger partial charge in [-0.2, -0.15) is 0 Å². The summed E-state index contributed by atoms with van der Waals surface area (Å²) >= 11 is 0. The zero-order chi connectivity index (χ0) is 15.1. The van der Waals surface area contributed by atoms with E-state index in [0.717, 1.165) is 57.3 Å². The Morgan fingerprint density at radius 2 is 2.29 bits per heavy atom. The molecule has 0 saturated carbocycles. The van der Waals surface area contributed by atoms with Gasteiger partial charge in [0.15, 0.2) is 0 Å². The molecule has 1 N–H and O–H groups in total. The van der Waals surface area contributed by atoms with Gasteiger partial charge in [-0.15, -0.1) is 0 Å². The molecule has 0 bridgehead atoms. The average Bonchev–Trinajstić information content (AvgIpc) is 2.99. The van der Waals surface area contributed by atoms with Crippen LogP contribution >= 0.6 is 0 Å². The summed E-state index contributed by atoms with van der Waals surface area (Å²) in [4.78, 5) is 11.4. The molecule has 1 aliphatic heterocycles. The molecule has 0 spiro atoms. The highest BCUT2D eigenvalue weighted by Gasteiger charge is 2.20. The number of aromatic nitrogens is 2. The van der Waals surface area contributed by atoms with E-state index in [1.807, 2.05) is 6.20 Å². The molecule has 118 valence electrons. The fourth-order valence-electron chi connectivity index (χ4n) is 2.59. The second-order valence-electron chi connectivity index (χ2n) is 5.63. The molecule has 1 aromatic rings. The molecule has 1 saturated heterocycles. The van der Waals surface area contributed by atoms with Gasteiger partial charge in [-0.25, -0.2) is 9.97 Å². The molecule has 2 heterocycles. The Balaban J connectivity index is 1.98. The second kappa shape index (κ2) is 8.29. The quantitative estimate of drug-likeness (QED) is 0.745. The molecule has 2 rings (SSSR count). The van der Waals surface area contributed by atoms with Crippen LogP contribution < -0.4 is 10.2 Å². The first-order valence-electron chi connectivity index (χ1n) is 8.14. The average molecular weight is 292 g/mol. The third-order valence-corrected chi connectivity index (χ3v) is 3.92. The number of rotatable bonds is 8. The Labute approximate surface area is 128 Å². The normalized spacial score (nSPS) is 18.1. The largest absolute Gasteiger partial charge is 0.376 e. The predicted octanol–water partition coefficient (Wildman–Crippen LogP) is 2.29. The third-order valence-electron chi connectivity index (χ3n) is 3.92. The van der Waals surface area contributed by atoms with Gasteiger partial charge < -0.3 is 15.0 Å². The highest BCUT2D eigenvalue weighted by Crippen LogP contribution is 2.17. The second-order valence-corrected chi connectivity index (χ2v) is 5.63. The fourth-order valence-corrected chi connectivity index (χ4v) is 2.59. The molecule has 0 aliphatic carbocycles. The smallest absolute Gasteiger partial charge is 0.225 e. The number of hydrogen-bond donors (Lipinski definition) is 1. The summed E-state index contributed by atoms with van der Waals surface area (Å²) in [5, 5.41) is 3.40. The van der Waals surface area contributed by atoms with E-state index in [2.05, 4.69) is 41.0 Å². The highest BCUT2D eigenvalue weighted by atomic mass is 16.5. The topological polar surface area (TPSA) is 50.3 Å². The van der Waals surface area contributed by atoms with Crippen molar-refractivity contribution in [2.24, 2.45) is 0 Å². The molecule has 21 heavy (non-hydrogen) atoms. The Kier molecular flexibility index (Phi) is 6.39. The summed E-state index contributed by atoms with van der Waals surface area (Å²) in [6.07, 6.45) is 5.75. The van der Waals surface area contributed by atoms with E-state index in [1.54, 1.807) is 0 Å². The molecule has 1 aromatic heterocycles. The van der Waals surface area contributed by atoms with Gasteiger partial charge in [0, 0.05) is 43.7 Å². The summed E-state index contributed by atoms with van der Waals surface area (Å²) in [6, 6.07) is 0. The Morgan fingerprint density at radius 1 is 1.43 bits per heavy atom. The summed E-state index contributed by atoms with van der Waals surface area (Å²) in [5.41, 5.74) is 2.25. The minimum atomic E-state index is 0.333. The first kappa shape index (κ1) is 16.2. The Hall–Kier alpha value is -1.20. The zero-order valence-electron chi connectivity index (χ0n) is 13.6. The molecule has 1 atom stereocenters. The summed E-state index contributed by atoms with van der Waals surface area (Å²) in [7, 11) is 0. The van der Waals surface area contributed by atoms with Crippen molar-refractivity contribution in [2.45, 2.75) is 52.7 Å². The maximum Gasteiger partial charge on any atom is 0.225 e. The van der Waals surface area contributed by atoms with E-state index in [1.165, 1.54) is 12.0 Å². The summed E-state index contributed by atoms with van der Waals surface area (Å²) in [5.74, 6) is 0.824. The number of nitrogens with one attached hydrogen (secondary N) is 1. The number of anilines is 1. The molecular weight excluding hydrogens is 264 g/mol. The van der Waals surface area contributed by atoms with Crippen LogP contribution in [0.25, 0.3) is 0 Å². The molecule has 0 amide bonds. The van der Waals surface area contributed by atoms with Crippen molar-refractivity contribution in [2.75, 3.05) is 31.1 Å². The molecule has 5 nitrogen and oxygen atoms in total. The van der Waals surface area contributed by atoms with Crippen molar-refractivity contribution in [3.63, 3.8) is 0 Å². The number of hydrogen-bond acceptors (Lipinski definition) is 5. The zero-order valence-corrected chi connectivity index (χ0v) is 13.6. The lowest BCUT2D eigenvalue weighted by Crippen LogP contribution is -2.33. The Morgan fingerprint density at radius 3 is 2.90 bits per heavy atom. The first-order valence-corrected chi connectivity index (χ1v) is 8.14. The lowest BCUT2D eigenvalue weighted by atomic mass is 10.2. The molecule has 0 aromatic carbocycles. The molecule has 1 unspecified atom stereocenters. The van der Waals surface area contributed by atoms with Gasteiger partial charge in [0.2, 0.25) is 5.95 Å². The maximum absolute atomic E-state index is 5.72. The van der Waals surface area contributed by atoms with Crippen LogP contribution in [0.15, 0.2) is 6.20 Å². The van der Waals surface area contributed by atoms with E-state index in [0.29, 0.717) is 6.10 Å². The monoisotopic (exact) mass is 292 g/mol. The lowest BCUT2D eigenvalue weighted by molar-refractivity contribution is 0.115. The van der Waals surface area contributed by atoms with Gasteiger partial charge in [0.25, 0.3) is 0 Å². The van der Waals surface area contributed by atoms with Crippen LogP contribution in [0, 0.1) is 6.92 Å². The van der Waals surface area contributed by atoms with Gasteiger partial charge in [0.05, 0.1) is 6.10 Å². The highest BCUT2D eigenvalue weighted by molar-refractivity contribution is 5.33. The van der Waals surface area contributed by atoms with Crippen molar-refractivity contribution in [3.8, 4) is 0 Å². The van der Waals surface area contributed by atoms with Crippen LogP contribution in [0.2, 0.25) is 0 Å². The van der Waals surface area contributed by atoms with Crippen molar-refractivity contribution in [1.29, 1.82) is 0 Å². The van der Waals surface area contributed by atoms with Gasteiger partial charge >= 0.3 is 0 Å². The maximum atomic E-state index is 5.72. The van der Waals surface area contributed by atoms with E-state index in [-0.39, 0.29) is 0 Å². The number of nitrogens with zero attached hydrogens (tertiary/aromatic N) is 3. The van der Waals surface area contributed by atoms with Crippen LogP contribution in [-0.2, 0) is 11.3 Å². The van der Waals surface area contributed by atoms with E-state index >= 15 is 0 Å². The van der Waals surface area contributed by atoms with Crippen LogP contribution in [0.3, 0.4) is 0 Å². The van der Waals surface area contributed by atoms with Crippen LogP contribution in [0.4, 0.5) is 5.95 Å². The SMILES string of the molecule is CCCNCc1cnc(N(CC)CC2CCCO2)nc1C. The van der Waals surface area contributed by atoms with Crippen molar-refractivity contribution in [3.05, 3.63) is 17.5 Å². The van der Waals surface area contributed by atoms with Crippen molar-refractivity contribution < 1.29 is 4.74 Å². The first-order chi connectivity index (χ1) is 10.2. The number of ether oxygens (including phenoxy) is 1. The van der Waals surface area contributed by atoms with Gasteiger partial charge in [-0.1, -0.05) is 6.92 Å². The fraction of sp³-hybridized carbons (Fsp3) is 0.750. The Bertz CT molecular complexity index is 432. The minimum Gasteiger partial charge on any atom is -0.376 e. The summed E-state index contributed by atoms with van der Waals surface area (Å²) in [6.45, 7) is 10.9. The predicted molar refractivity (Wildman–Crippen MR) is 85.6 cm³/mol. The summed E-state index contributed by atoms with van der Waals surface area (Å²) < 4.78 is 5.72.